The molecular weight excluding hydrogens is 444 g/mol. The number of carbonyl (C=O) groups excluding carboxylic acids is 3. The first-order valence-electron chi connectivity index (χ1n) is 11.0. The van der Waals surface area contributed by atoms with E-state index >= 15 is 0 Å². The number of rotatable bonds is 8. The molecule has 3 aromatic carbocycles. The minimum absolute atomic E-state index is 0.237. The van der Waals surface area contributed by atoms with Crippen LogP contribution in [0.4, 0.5) is 0 Å². The van der Waals surface area contributed by atoms with Crippen molar-refractivity contribution < 1.29 is 28.6 Å². The lowest BCUT2D eigenvalue weighted by atomic mass is 9.98. The molecule has 0 N–H and O–H groups in total. The molecule has 3 aromatic rings. The number of hydrogen-bond donors (Lipinski definition) is 0. The van der Waals surface area contributed by atoms with Gasteiger partial charge in [0.1, 0.15) is 17.2 Å². The van der Waals surface area contributed by atoms with E-state index in [-0.39, 0.29) is 12.4 Å². The molecule has 178 valence electrons. The summed E-state index contributed by atoms with van der Waals surface area (Å²) in [5, 5.41) is 0. The molecule has 0 amide bonds. The fraction of sp³-hybridized carbons (Fsp3) is 0.138. The van der Waals surface area contributed by atoms with E-state index in [4.69, 9.17) is 14.2 Å². The Morgan fingerprint density at radius 2 is 1.11 bits per heavy atom. The molecule has 0 spiro atoms. The summed E-state index contributed by atoms with van der Waals surface area (Å²) in [5.41, 5.74) is 3.83. The molecule has 0 aliphatic carbocycles. The first-order chi connectivity index (χ1) is 16.7. The normalized spacial score (nSPS) is 10.3. The highest BCUT2D eigenvalue weighted by molar-refractivity contribution is 5.89. The molecule has 0 aliphatic rings. The first-order valence-corrected chi connectivity index (χ1v) is 11.0. The molecule has 0 unspecified atom stereocenters. The van der Waals surface area contributed by atoms with Gasteiger partial charge in [-0.3, -0.25) is 4.79 Å². The largest absolute Gasteiger partial charge is 0.426 e. The van der Waals surface area contributed by atoms with Crippen LogP contribution in [0.15, 0.2) is 91.0 Å². The zero-order valence-electron chi connectivity index (χ0n) is 19.9. The van der Waals surface area contributed by atoms with Gasteiger partial charge in [-0.1, -0.05) is 50.4 Å². The average Bonchev–Trinajstić information content (AvgIpc) is 2.85. The Bertz CT molecular complexity index is 1280. The Morgan fingerprint density at radius 3 is 1.57 bits per heavy atom. The number of hydrogen-bond acceptors (Lipinski definition) is 6. The summed E-state index contributed by atoms with van der Waals surface area (Å²) in [6, 6.07) is 19.4. The van der Waals surface area contributed by atoms with E-state index in [9.17, 15) is 14.4 Å². The topological polar surface area (TPSA) is 78.9 Å². The minimum atomic E-state index is -0.505. The van der Waals surface area contributed by atoms with Crippen molar-refractivity contribution in [3.63, 3.8) is 0 Å². The van der Waals surface area contributed by atoms with E-state index in [2.05, 4.69) is 13.2 Å². The predicted octanol–water partition coefficient (Wildman–Crippen LogP) is 6.30. The van der Waals surface area contributed by atoms with Gasteiger partial charge in [0.25, 0.3) is 0 Å². The van der Waals surface area contributed by atoms with Crippen molar-refractivity contribution in [1.82, 2.24) is 0 Å². The van der Waals surface area contributed by atoms with Crippen molar-refractivity contribution in [2.45, 2.75) is 27.2 Å². The molecule has 0 aromatic heterocycles. The van der Waals surface area contributed by atoms with Gasteiger partial charge >= 0.3 is 17.9 Å². The number of ether oxygens (including phenoxy) is 3. The third kappa shape index (κ3) is 6.54. The van der Waals surface area contributed by atoms with Gasteiger partial charge in [-0.25, -0.2) is 9.59 Å². The highest BCUT2D eigenvalue weighted by Crippen LogP contribution is 2.36. The lowest BCUT2D eigenvalue weighted by Gasteiger charge is -2.13. The van der Waals surface area contributed by atoms with Crippen molar-refractivity contribution in [1.29, 1.82) is 0 Å². The summed E-state index contributed by atoms with van der Waals surface area (Å²) in [5.74, 6) is -0.136. The number of benzene rings is 3. The summed E-state index contributed by atoms with van der Waals surface area (Å²) in [6.45, 7) is 12.0. The maximum atomic E-state index is 12.0. The molecule has 6 nitrogen and oxygen atoms in total. The summed E-state index contributed by atoms with van der Waals surface area (Å²) >= 11 is 0. The Hall–Kier alpha value is -4.45. The van der Waals surface area contributed by atoms with Crippen LogP contribution in [-0.2, 0) is 14.4 Å². The highest BCUT2D eigenvalue weighted by atomic mass is 16.5. The maximum Gasteiger partial charge on any atom is 0.338 e. The van der Waals surface area contributed by atoms with Gasteiger partial charge in [-0.2, -0.15) is 0 Å². The Kier molecular flexibility index (Phi) is 8.00. The summed E-state index contributed by atoms with van der Waals surface area (Å²) in [4.78, 5) is 35.5. The monoisotopic (exact) mass is 470 g/mol. The van der Waals surface area contributed by atoms with Gasteiger partial charge in [0.05, 0.1) is 0 Å². The van der Waals surface area contributed by atoms with Crippen molar-refractivity contribution in [2.75, 3.05) is 0 Å². The van der Waals surface area contributed by atoms with Crippen molar-refractivity contribution in [3.8, 4) is 39.5 Å². The van der Waals surface area contributed by atoms with E-state index in [0.29, 0.717) is 34.0 Å². The molecule has 0 saturated carbocycles. The summed E-state index contributed by atoms with van der Waals surface area (Å²) in [6.07, 6.45) is 0.237. The average molecular weight is 471 g/mol. The fourth-order valence-corrected chi connectivity index (χ4v) is 3.03. The quantitative estimate of drug-likeness (QED) is 0.218. The van der Waals surface area contributed by atoms with Crippen LogP contribution in [0, 0.1) is 0 Å². The molecule has 3 rings (SSSR count). The highest BCUT2D eigenvalue weighted by Gasteiger charge is 2.14. The van der Waals surface area contributed by atoms with Gasteiger partial charge in [0, 0.05) is 23.1 Å². The molecule has 35 heavy (non-hydrogen) atoms. The third-order valence-electron chi connectivity index (χ3n) is 4.96. The van der Waals surface area contributed by atoms with E-state index in [1.54, 1.807) is 63.2 Å². The second kappa shape index (κ2) is 11.1. The van der Waals surface area contributed by atoms with Crippen LogP contribution in [-0.4, -0.2) is 17.9 Å². The van der Waals surface area contributed by atoms with Gasteiger partial charge in [-0.15, -0.1) is 0 Å². The van der Waals surface area contributed by atoms with Gasteiger partial charge in [0.2, 0.25) is 0 Å². The molecule has 6 heteroatoms. The first kappa shape index (κ1) is 25.2. The minimum Gasteiger partial charge on any atom is -0.426 e. The van der Waals surface area contributed by atoms with Gasteiger partial charge in [0.15, 0.2) is 0 Å². The van der Waals surface area contributed by atoms with Crippen LogP contribution >= 0.6 is 0 Å². The molecule has 0 fully saturated rings. The number of carbonyl (C=O) groups is 3. The van der Waals surface area contributed by atoms with Crippen LogP contribution < -0.4 is 14.2 Å². The number of esters is 3. The lowest BCUT2D eigenvalue weighted by molar-refractivity contribution is -0.134. The zero-order chi connectivity index (χ0) is 25.5. The summed E-state index contributed by atoms with van der Waals surface area (Å²) < 4.78 is 16.1. The van der Waals surface area contributed by atoms with E-state index in [1.807, 2.05) is 24.3 Å². The smallest absolute Gasteiger partial charge is 0.338 e. The van der Waals surface area contributed by atoms with Crippen molar-refractivity contribution in [3.05, 3.63) is 91.0 Å². The van der Waals surface area contributed by atoms with Gasteiger partial charge < -0.3 is 14.2 Å². The molecule has 0 heterocycles. The van der Waals surface area contributed by atoms with Crippen LogP contribution in [0.1, 0.15) is 27.2 Å². The summed E-state index contributed by atoms with van der Waals surface area (Å²) in [7, 11) is 0. The van der Waals surface area contributed by atoms with Crippen LogP contribution in [0.3, 0.4) is 0 Å². The van der Waals surface area contributed by atoms with Gasteiger partial charge in [-0.05, 0) is 66.9 Å². The van der Waals surface area contributed by atoms with E-state index < -0.39 is 11.9 Å². The standard InChI is InChI=1S/C29H26O6/c1-6-27(30)35-26-16-11-22(20-7-12-23(13-8-20)33-28(31)18(2)3)17-25(26)21-9-14-24(15-10-21)34-29(32)19(4)5/h7-17H,2,4,6H2,1,3,5H3. The van der Waals surface area contributed by atoms with Crippen LogP contribution in [0.25, 0.3) is 22.3 Å². The molecular formula is C29H26O6. The molecule has 0 radical (unpaired) electrons. The second-order valence-electron chi connectivity index (χ2n) is 7.93. The fourth-order valence-electron chi connectivity index (χ4n) is 3.03. The second-order valence-corrected chi connectivity index (χ2v) is 7.93. The Balaban J connectivity index is 1.94. The van der Waals surface area contributed by atoms with Crippen molar-refractivity contribution >= 4 is 17.9 Å². The zero-order valence-corrected chi connectivity index (χ0v) is 19.9. The molecule has 0 saturated heterocycles. The third-order valence-corrected chi connectivity index (χ3v) is 4.96. The van der Waals surface area contributed by atoms with Crippen LogP contribution in [0.5, 0.6) is 17.2 Å². The van der Waals surface area contributed by atoms with E-state index in [0.717, 1.165) is 16.7 Å². The molecule has 0 atom stereocenters. The van der Waals surface area contributed by atoms with Crippen molar-refractivity contribution in [2.24, 2.45) is 0 Å². The van der Waals surface area contributed by atoms with E-state index in [1.165, 1.54) is 0 Å². The SMILES string of the molecule is C=C(C)C(=O)Oc1ccc(-c2ccc(OC(=O)CC)c(-c3ccc(OC(=O)C(=C)C)cc3)c2)cc1. The molecule has 0 bridgehead atoms. The Morgan fingerprint density at radius 1 is 0.657 bits per heavy atom. The maximum absolute atomic E-state index is 12.0. The molecule has 0 aliphatic heterocycles. The lowest BCUT2D eigenvalue weighted by Crippen LogP contribution is -2.08. The van der Waals surface area contributed by atoms with Crippen LogP contribution in [0.2, 0.25) is 0 Å². The predicted molar refractivity (Wildman–Crippen MR) is 134 cm³/mol. The Labute approximate surface area is 204 Å².